The highest BCUT2D eigenvalue weighted by Gasteiger charge is 2.13. The third kappa shape index (κ3) is 2.56. The van der Waals surface area contributed by atoms with Gasteiger partial charge < -0.3 is 9.47 Å². The molecule has 1 aromatic carbocycles. The van der Waals surface area contributed by atoms with Gasteiger partial charge in [-0.15, -0.1) is 0 Å². The molecule has 1 rings (SSSR count). The van der Waals surface area contributed by atoms with Crippen LogP contribution in [0.5, 0.6) is 11.5 Å². The molecule has 0 amide bonds. The first-order valence-corrected chi connectivity index (χ1v) is 4.37. The van der Waals surface area contributed by atoms with Crippen LogP contribution in [0.25, 0.3) is 0 Å². The van der Waals surface area contributed by atoms with Gasteiger partial charge in [0.05, 0.1) is 14.2 Å². The van der Waals surface area contributed by atoms with Gasteiger partial charge in [0.15, 0.2) is 5.78 Å². The monoisotopic (exact) mass is 208 g/mol. The number of carbonyl (C=O) groups is 2. The zero-order valence-electron chi connectivity index (χ0n) is 8.87. The molecule has 0 atom stereocenters. The summed E-state index contributed by atoms with van der Waals surface area (Å²) in [6, 6.07) is 4.65. The molecule has 0 saturated heterocycles. The quantitative estimate of drug-likeness (QED) is 0.555. The van der Waals surface area contributed by atoms with Crippen LogP contribution in [0.1, 0.15) is 17.3 Å². The van der Waals surface area contributed by atoms with Crippen LogP contribution in [0.2, 0.25) is 0 Å². The number of ketones is 2. The first kappa shape index (κ1) is 11.2. The highest BCUT2D eigenvalue weighted by molar-refractivity contribution is 6.43. The molecule has 4 nitrogen and oxygen atoms in total. The van der Waals surface area contributed by atoms with Gasteiger partial charge in [0.2, 0.25) is 5.78 Å². The molecule has 80 valence electrons. The van der Waals surface area contributed by atoms with Crippen molar-refractivity contribution in [3.05, 3.63) is 23.8 Å². The van der Waals surface area contributed by atoms with E-state index in [2.05, 4.69) is 0 Å². The van der Waals surface area contributed by atoms with E-state index < -0.39 is 11.6 Å². The number of benzene rings is 1. The van der Waals surface area contributed by atoms with Crippen LogP contribution in [-0.4, -0.2) is 25.8 Å². The van der Waals surface area contributed by atoms with Gasteiger partial charge in [0.25, 0.3) is 0 Å². The molecule has 0 saturated carbocycles. The van der Waals surface area contributed by atoms with Gasteiger partial charge in [0, 0.05) is 18.6 Å². The Kier molecular flexibility index (Phi) is 3.44. The summed E-state index contributed by atoms with van der Waals surface area (Å²) in [6.07, 6.45) is 0. The molecule has 0 unspecified atom stereocenters. The van der Waals surface area contributed by atoms with Crippen LogP contribution in [0.15, 0.2) is 18.2 Å². The molecule has 0 aliphatic rings. The average Bonchev–Trinajstić information content (AvgIpc) is 2.27. The van der Waals surface area contributed by atoms with Crippen molar-refractivity contribution in [2.75, 3.05) is 14.2 Å². The van der Waals surface area contributed by atoms with E-state index in [0.717, 1.165) is 0 Å². The van der Waals surface area contributed by atoms with E-state index in [0.29, 0.717) is 11.5 Å². The smallest absolute Gasteiger partial charge is 0.228 e. The van der Waals surface area contributed by atoms with Crippen molar-refractivity contribution >= 4 is 11.6 Å². The molecule has 0 bridgehead atoms. The Bertz CT molecular complexity index is 373. The Morgan fingerprint density at radius 1 is 1.00 bits per heavy atom. The predicted molar refractivity (Wildman–Crippen MR) is 54.6 cm³/mol. The molecular formula is C11H12O4. The van der Waals surface area contributed by atoms with Crippen molar-refractivity contribution < 1.29 is 19.1 Å². The van der Waals surface area contributed by atoms with Crippen molar-refractivity contribution in [1.82, 2.24) is 0 Å². The van der Waals surface area contributed by atoms with Crippen LogP contribution in [0.3, 0.4) is 0 Å². The van der Waals surface area contributed by atoms with Crippen LogP contribution < -0.4 is 9.47 Å². The fraction of sp³-hybridized carbons (Fsp3) is 0.273. The summed E-state index contributed by atoms with van der Waals surface area (Å²) in [5, 5.41) is 0. The van der Waals surface area contributed by atoms with Crippen molar-refractivity contribution in [2.45, 2.75) is 6.92 Å². The van der Waals surface area contributed by atoms with E-state index in [1.165, 1.54) is 33.3 Å². The molecule has 0 heterocycles. The standard InChI is InChI=1S/C11H12O4/c1-7(12)11(13)8-4-9(14-2)6-10(5-8)15-3/h4-6H,1-3H3. The lowest BCUT2D eigenvalue weighted by atomic mass is 10.1. The molecule has 0 aromatic heterocycles. The number of methoxy groups -OCH3 is 2. The SMILES string of the molecule is COc1cc(OC)cc(C(=O)C(C)=O)c1. The lowest BCUT2D eigenvalue weighted by Gasteiger charge is -2.06. The number of carbonyl (C=O) groups excluding carboxylic acids is 2. The van der Waals surface area contributed by atoms with Gasteiger partial charge in [0.1, 0.15) is 11.5 Å². The summed E-state index contributed by atoms with van der Waals surface area (Å²) >= 11 is 0. The van der Waals surface area contributed by atoms with E-state index in [4.69, 9.17) is 9.47 Å². The van der Waals surface area contributed by atoms with E-state index in [9.17, 15) is 9.59 Å². The molecule has 1 aromatic rings. The van der Waals surface area contributed by atoms with Gasteiger partial charge in [-0.05, 0) is 12.1 Å². The summed E-state index contributed by atoms with van der Waals surface area (Å²) in [7, 11) is 2.97. The molecule has 0 N–H and O–H groups in total. The lowest BCUT2D eigenvalue weighted by Crippen LogP contribution is -2.09. The number of hydrogen-bond acceptors (Lipinski definition) is 4. The maximum Gasteiger partial charge on any atom is 0.228 e. The van der Waals surface area contributed by atoms with Gasteiger partial charge in [-0.25, -0.2) is 0 Å². The normalized spacial score (nSPS) is 9.53. The number of hydrogen-bond donors (Lipinski definition) is 0. The second kappa shape index (κ2) is 4.59. The second-order valence-electron chi connectivity index (χ2n) is 2.99. The minimum atomic E-state index is -0.549. The topological polar surface area (TPSA) is 52.6 Å². The Labute approximate surface area is 87.8 Å². The first-order valence-electron chi connectivity index (χ1n) is 4.37. The van der Waals surface area contributed by atoms with Crippen molar-refractivity contribution in [3.8, 4) is 11.5 Å². The molecule has 15 heavy (non-hydrogen) atoms. The summed E-state index contributed by atoms with van der Waals surface area (Å²) in [5.41, 5.74) is 0.277. The highest BCUT2D eigenvalue weighted by atomic mass is 16.5. The maximum absolute atomic E-state index is 11.4. The third-order valence-corrected chi connectivity index (χ3v) is 1.93. The largest absolute Gasteiger partial charge is 0.497 e. The van der Waals surface area contributed by atoms with Crippen molar-refractivity contribution in [2.24, 2.45) is 0 Å². The number of Topliss-reactive ketones (excluding diaryl/α,β-unsaturated/α-hetero) is 2. The molecule has 0 aliphatic carbocycles. The fourth-order valence-corrected chi connectivity index (χ4v) is 1.14. The van der Waals surface area contributed by atoms with Gasteiger partial charge in [-0.2, -0.15) is 0 Å². The zero-order chi connectivity index (χ0) is 11.4. The third-order valence-electron chi connectivity index (χ3n) is 1.93. The van der Waals surface area contributed by atoms with Crippen molar-refractivity contribution in [3.63, 3.8) is 0 Å². The Morgan fingerprint density at radius 2 is 1.47 bits per heavy atom. The van der Waals surface area contributed by atoms with E-state index in [-0.39, 0.29) is 5.56 Å². The zero-order valence-corrected chi connectivity index (χ0v) is 8.87. The number of rotatable bonds is 4. The van der Waals surface area contributed by atoms with Crippen LogP contribution >= 0.6 is 0 Å². The maximum atomic E-state index is 11.4. The molecule has 0 aliphatic heterocycles. The average molecular weight is 208 g/mol. The lowest BCUT2D eigenvalue weighted by molar-refractivity contribution is -0.113. The Morgan fingerprint density at radius 3 is 1.80 bits per heavy atom. The minimum Gasteiger partial charge on any atom is -0.497 e. The summed E-state index contributed by atoms with van der Waals surface area (Å²) in [4.78, 5) is 22.3. The van der Waals surface area contributed by atoms with E-state index in [1.807, 2.05) is 0 Å². The fourth-order valence-electron chi connectivity index (χ4n) is 1.14. The Hall–Kier alpha value is -1.84. The second-order valence-corrected chi connectivity index (χ2v) is 2.99. The number of ether oxygens (including phenoxy) is 2. The van der Waals surface area contributed by atoms with Gasteiger partial charge in [-0.3, -0.25) is 9.59 Å². The van der Waals surface area contributed by atoms with E-state index in [1.54, 1.807) is 6.07 Å². The van der Waals surface area contributed by atoms with Crippen LogP contribution in [0.4, 0.5) is 0 Å². The van der Waals surface area contributed by atoms with Crippen LogP contribution in [-0.2, 0) is 4.79 Å². The molecular weight excluding hydrogens is 196 g/mol. The molecule has 0 radical (unpaired) electrons. The highest BCUT2D eigenvalue weighted by Crippen LogP contribution is 2.22. The van der Waals surface area contributed by atoms with Crippen molar-refractivity contribution in [1.29, 1.82) is 0 Å². The Balaban J connectivity index is 3.17. The molecule has 0 fully saturated rings. The molecule has 4 heteroatoms. The molecule has 0 spiro atoms. The summed E-state index contributed by atoms with van der Waals surface area (Å²) in [6.45, 7) is 1.23. The van der Waals surface area contributed by atoms with E-state index >= 15 is 0 Å². The van der Waals surface area contributed by atoms with Gasteiger partial charge >= 0.3 is 0 Å². The minimum absolute atomic E-state index is 0.277. The predicted octanol–water partition coefficient (Wildman–Crippen LogP) is 1.48. The summed E-state index contributed by atoms with van der Waals surface area (Å²) < 4.78 is 9.97. The summed E-state index contributed by atoms with van der Waals surface area (Å²) in [5.74, 6) is -0.0876. The first-order chi connectivity index (χ1) is 7.08. The van der Waals surface area contributed by atoms with Crippen LogP contribution in [0, 0.1) is 0 Å². The van der Waals surface area contributed by atoms with Gasteiger partial charge in [-0.1, -0.05) is 0 Å².